The number of likely N-dealkylation sites (tertiary alicyclic amines) is 1. The van der Waals surface area contributed by atoms with E-state index >= 15 is 0 Å². The van der Waals surface area contributed by atoms with Gasteiger partial charge in [0.25, 0.3) is 0 Å². The number of aryl methyl sites for hydroxylation is 1. The van der Waals surface area contributed by atoms with E-state index in [1.165, 1.54) is 18.4 Å². The van der Waals surface area contributed by atoms with Crippen LogP contribution in [0.4, 0.5) is 0 Å². The van der Waals surface area contributed by atoms with Gasteiger partial charge >= 0.3 is 0 Å². The topological polar surface area (TPSA) is 48.7 Å². The van der Waals surface area contributed by atoms with Crippen molar-refractivity contribution >= 4 is 5.96 Å². The van der Waals surface area contributed by atoms with Crippen molar-refractivity contribution in [2.24, 2.45) is 18.0 Å². The van der Waals surface area contributed by atoms with Gasteiger partial charge in [-0.05, 0) is 39.8 Å². The standard InChI is InChI=1S/C17H32N6/c1-6-18-17(23-9-7-14(2)8-10-23)19-12-16(21(3)4)15-11-20-22(5)13-15/h11,13-14,16H,6-10,12H2,1-5H3,(H,18,19). The lowest BCUT2D eigenvalue weighted by Crippen LogP contribution is -2.45. The molecule has 130 valence electrons. The van der Waals surface area contributed by atoms with Gasteiger partial charge < -0.3 is 15.1 Å². The molecule has 1 saturated heterocycles. The summed E-state index contributed by atoms with van der Waals surface area (Å²) in [5, 5.41) is 7.75. The molecule has 1 atom stereocenters. The highest BCUT2D eigenvalue weighted by Gasteiger charge is 2.20. The molecule has 1 aromatic rings. The smallest absolute Gasteiger partial charge is 0.193 e. The molecule has 1 N–H and O–H groups in total. The summed E-state index contributed by atoms with van der Waals surface area (Å²) in [7, 11) is 6.16. The van der Waals surface area contributed by atoms with Crippen LogP contribution in [0.25, 0.3) is 0 Å². The maximum Gasteiger partial charge on any atom is 0.193 e. The van der Waals surface area contributed by atoms with E-state index in [4.69, 9.17) is 4.99 Å². The van der Waals surface area contributed by atoms with Gasteiger partial charge in [0.1, 0.15) is 0 Å². The third-order valence-corrected chi connectivity index (χ3v) is 4.57. The number of nitrogens with one attached hydrogen (secondary N) is 1. The van der Waals surface area contributed by atoms with Gasteiger partial charge in [-0.25, -0.2) is 0 Å². The van der Waals surface area contributed by atoms with Crippen molar-refractivity contribution in [3.05, 3.63) is 18.0 Å². The van der Waals surface area contributed by atoms with Crippen molar-refractivity contribution in [1.29, 1.82) is 0 Å². The highest BCUT2D eigenvalue weighted by Crippen LogP contribution is 2.19. The molecular formula is C17H32N6. The average Bonchev–Trinajstić information content (AvgIpc) is 2.93. The maximum absolute atomic E-state index is 4.92. The first-order valence-electron chi connectivity index (χ1n) is 8.69. The summed E-state index contributed by atoms with van der Waals surface area (Å²) in [5.74, 6) is 1.88. The van der Waals surface area contributed by atoms with E-state index in [0.29, 0.717) is 0 Å². The minimum absolute atomic E-state index is 0.251. The second-order valence-electron chi connectivity index (χ2n) is 6.79. The second-order valence-corrected chi connectivity index (χ2v) is 6.79. The van der Waals surface area contributed by atoms with Gasteiger partial charge in [0.05, 0.1) is 18.8 Å². The predicted octanol–water partition coefficient (Wildman–Crippen LogP) is 1.72. The Kier molecular flexibility index (Phi) is 6.45. The average molecular weight is 320 g/mol. The van der Waals surface area contributed by atoms with Gasteiger partial charge in [-0.1, -0.05) is 6.92 Å². The molecule has 1 aliphatic heterocycles. The van der Waals surface area contributed by atoms with Crippen LogP contribution in [0.5, 0.6) is 0 Å². The molecule has 6 nitrogen and oxygen atoms in total. The van der Waals surface area contributed by atoms with Crippen molar-refractivity contribution in [3.8, 4) is 0 Å². The fourth-order valence-electron chi connectivity index (χ4n) is 3.00. The Morgan fingerprint density at radius 1 is 1.43 bits per heavy atom. The van der Waals surface area contributed by atoms with E-state index in [1.807, 2.05) is 17.9 Å². The Morgan fingerprint density at radius 2 is 2.13 bits per heavy atom. The minimum Gasteiger partial charge on any atom is -0.357 e. The number of piperidine rings is 1. The van der Waals surface area contributed by atoms with Crippen molar-refractivity contribution in [3.63, 3.8) is 0 Å². The summed E-state index contributed by atoms with van der Waals surface area (Å²) in [6.07, 6.45) is 6.53. The summed E-state index contributed by atoms with van der Waals surface area (Å²) >= 11 is 0. The number of rotatable bonds is 5. The molecule has 2 heterocycles. The first-order valence-corrected chi connectivity index (χ1v) is 8.69. The number of aromatic nitrogens is 2. The molecule has 1 unspecified atom stereocenters. The van der Waals surface area contributed by atoms with Gasteiger partial charge in [0, 0.05) is 38.4 Å². The molecule has 0 saturated carbocycles. The van der Waals surface area contributed by atoms with Gasteiger partial charge in [-0.15, -0.1) is 0 Å². The minimum atomic E-state index is 0.251. The molecule has 0 amide bonds. The number of hydrogen-bond acceptors (Lipinski definition) is 3. The van der Waals surface area contributed by atoms with E-state index < -0.39 is 0 Å². The van der Waals surface area contributed by atoms with E-state index in [-0.39, 0.29) is 6.04 Å². The van der Waals surface area contributed by atoms with Crippen LogP contribution in [0.15, 0.2) is 17.4 Å². The monoisotopic (exact) mass is 320 g/mol. The lowest BCUT2D eigenvalue weighted by atomic mass is 9.99. The van der Waals surface area contributed by atoms with E-state index in [2.05, 4.69) is 54.4 Å². The SMILES string of the molecule is CCNC(=NCC(c1cnn(C)c1)N(C)C)N1CCC(C)CC1. The zero-order valence-electron chi connectivity index (χ0n) is 15.3. The third-order valence-electron chi connectivity index (χ3n) is 4.57. The number of hydrogen-bond donors (Lipinski definition) is 1. The fourth-order valence-corrected chi connectivity index (χ4v) is 3.00. The zero-order valence-corrected chi connectivity index (χ0v) is 15.3. The molecule has 0 aromatic carbocycles. The molecule has 1 aromatic heterocycles. The lowest BCUT2D eigenvalue weighted by Gasteiger charge is -2.33. The van der Waals surface area contributed by atoms with Gasteiger partial charge in [0.15, 0.2) is 5.96 Å². The molecular weight excluding hydrogens is 288 g/mol. The molecule has 2 rings (SSSR count). The Balaban J connectivity index is 2.08. The van der Waals surface area contributed by atoms with Crippen LogP contribution in [0, 0.1) is 5.92 Å². The molecule has 1 fully saturated rings. The molecule has 0 aliphatic carbocycles. The highest BCUT2D eigenvalue weighted by molar-refractivity contribution is 5.80. The molecule has 23 heavy (non-hydrogen) atoms. The molecule has 0 radical (unpaired) electrons. The van der Waals surface area contributed by atoms with Crippen molar-refractivity contribution in [1.82, 2.24) is 24.9 Å². The van der Waals surface area contributed by atoms with Crippen LogP contribution >= 0.6 is 0 Å². The largest absolute Gasteiger partial charge is 0.357 e. The first-order chi connectivity index (χ1) is 11.0. The molecule has 0 bridgehead atoms. The van der Waals surface area contributed by atoms with Crippen LogP contribution in [0.2, 0.25) is 0 Å². The summed E-state index contributed by atoms with van der Waals surface area (Å²) in [5.41, 5.74) is 1.21. The Bertz CT molecular complexity index is 499. The van der Waals surface area contributed by atoms with Crippen LogP contribution in [-0.4, -0.2) is 65.8 Å². The number of aliphatic imine (C=N–C) groups is 1. The fraction of sp³-hybridized carbons (Fsp3) is 0.765. The first kappa shape index (κ1) is 17.8. The number of nitrogens with zero attached hydrogens (tertiary/aromatic N) is 5. The van der Waals surface area contributed by atoms with Crippen molar-refractivity contribution in [2.75, 3.05) is 40.3 Å². The summed E-state index contributed by atoms with van der Waals surface area (Å²) in [6.45, 7) is 8.33. The van der Waals surface area contributed by atoms with Gasteiger partial charge in [-0.2, -0.15) is 5.10 Å². The highest BCUT2D eigenvalue weighted by atomic mass is 15.3. The molecule has 6 heteroatoms. The summed E-state index contributed by atoms with van der Waals surface area (Å²) in [4.78, 5) is 9.54. The van der Waals surface area contributed by atoms with E-state index in [9.17, 15) is 0 Å². The van der Waals surface area contributed by atoms with Gasteiger partial charge in [0.2, 0.25) is 0 Å². The number of guanidine groups is 1. The van der Waals surface area contributed by atoms with Crippen LogP contribution in [-0.2, 0) is 7.05 Å². The van der Waals surface area contributed by atoms with Crippen LogP contribution < -0.4 is 5.32 Å². The quantitative estimate of drug-likeness (QED) is 0.663. The maximum atomic E-state index is 4.92. The van der Waals surface area contributed by atoms with Crippen LogP contribution in [0.3, 0.4) is 0 Å². The lowest BCUT2D eigenvalue weighted by molar-refractivity contribution is 0.270. The molecule has 1 aliphatic rings. The summed E-state index contributed by atoms with van der Waals surface area (Å²) in [6, 6.07) is 0.251. The Morgan fingerprint density at radius 3 is 2.65 bits per heavy atom. The zero-order chi connectivity index (χ0) is 16.8. The van der Waals surface area contributed by atoms with Crippen molar-refractivity contribution < 1.29 is 0 Å². The van der Waals surface area contributed by atoms with Crippen molar-refractivity contribution in [2.45, 2.75) is 32.7 Å². The van der Waals surface area contributed by atoms with E-state index in [1.54, 1.807) is 0 Å². The summed E-state index contributed by atoms with van der Waals surface area (Å²) < 4.78 is 1.85. The Labute approximate surface area is 140 Å². The van der Waals surface area contributed by atoms with Crippen LogP contribution in [0.1, 0.15) is 38.3 Å². The third kappa shape index (κ3) is 4.96. The normalized spacial score (nSPS) is 18.5. The van der Waals surface area contributed by atoms with Gasteiger partial charge in [-0.3, -0.25) is 9.67 Å². The predicted molar refractivity (Wildman–Crippen MR) is 95.6 cm³/mol. The molecule has 0 spiro atoms. The number of likely N-dealkylation sites (N-methyl/N-ethyl adjacent to an activating group) is 1. The van der Waals surface area contributed by atoms with E-state index in [0.717, 1.165) is 38.1 Å². The Hall–Kier alpha value is -1.56. The second kappa shape index (κ2) is 8.34.